The monoisotopic (exact) mass is 460 g/mol. The van der Waals surface area contributed by atoms with Crippen molar-refractivity contribution in [3.63, 3.8) is 0 Å². The van der Waals surface area contributed by atoms with Crippen LogP contribution in [0.15, 0.2) is 46.9 Å². The lowest BCUT2D eigenvalue weighted by atomic mass is 10.0. The molecule has 0 fully saturated rings. The predicted octanol–water partition coefficient (Wildman–Crippen LogP) is 4.00. The largest absolute Gasteiger partial charge is 0.454 e. The van der Waals surface area contributed by atoms with Crippen molar-refractivity contribution in [1.29, 1.82) is 0 Å². The van der Waals surface area contributed by atoms with Crippen molar-refractivity contribution in [2.45, 2.75) is 33.7 Å². The van der Waals surface area contributed by atoms with Gasteiger partial charge in [0.2, 0.25) is 0 Å². The third-order valence-electron chi connectivity index (χ3n) is 4.23. The van der Waals surface area contributed by atoms with E-state index in [0.29, 0.717) is 11.3 Å². The molecule has 0 unspecified atom stereocenters. The molecular formula is C22H25BrN2O4. The molecule has 29 heavy (non-hydrogen) atoms. The van der Waals surface area contributed by atoms with Crippen LogP contribution in [0.4, 0.5) is 5.69 Å². The van der Waals surface area contributed by atoms with E-state index >= 15 is 0 Å². The summed E-state index contributed by atoms with van der Waals surface area (Å²) in [6.07, 6.45) is 0. The average molecular weight is 461 g/mol. The minimum absolute atomic E-state index is 0.203. The molecule has 0 saturated carbocycles. The Morgan fingerprint density at radius 3 is 2.34 bits per heavy atom. The number of hydrogen-bond donors (Lipinski definition) is 2. The number of nitrogens with one attached hydrogen (secondary N) is 2. The van der Waals surface area contributed by atoms with Gasteiger partial charge in [-0.15, -0.1) is 0 Å². The van der Waals surface area contributed by atoms with Crippen LogP contribution in [0.3, 0.4) is 0 Å². The summed E-state index contributed by atoms with van der Waals surface area (Å²) in [5, 5.41) is 5.38. The van der Waals surface area contributed by atoms with Crippen molar-refractivity contribution < 1.29 is 19.1 Å². The number of esters is 1. The lowest BCUT2D eigenvalue weighted by Gasteiger charge is -2.21. The molecular weight excluding hydrogens is 436 g/mol. The molecule has 2 N–H and O–H groups in total. The van der Waals surface area contributed by atoms with Crippen LogP contribution in [0.25, 0.3) is 0 Å². The van der Waals surface area contributed by atoms with Crippen molar-refractivity contribution in [3.8, 4) is 0 Å². The van der Waals surface area contributed by atoms with Gasteiger partial charge >= 0.3 is 5.97 Å². The van der Waals surface area contributed by atoms with E-state index in [-0.39, 0.29) is 11.8 Å². The van der Waals surface area contributed by atoms with Gasteiger partial charge in [-0.25, -0.2) is 4.79 Å². The maximum Gasteiger partial charge on any atom is 0.329 e. The van der Waals surface area contributed by atoms with E-state index < -0.39 is 24.5 Å². The van der Waals surface area contributed by atoms with E-state index in [0.717, 1.165) is 15.6 Å². The highest BCUT2D eigenvalue weighted by atomic mass is 79.9. The molecule has 2 amide bonds. The molecule has 0 radical (unpaired) electrons. The highest BCUT2D eigenvalue weighted by molar-refractivity contribution is 9.10. The second-order valence-corrected chi connectivity index (χ2v) is 8.06. The van der Waals surface area contributed by atoms with E-state index in [1.807, 2.05) is 32.0 Å². The lowest BCUT2D eigenvalue weighted by Crippen LogP contribution is -2.46. The topological polar surface area (TPSA) is 84.5 Å². The van der Waals surface area contributed by atoms with Crippen LogP contribution in [0.5, 0.6) is 0 Å². The van der Waals surface area contributed by atoms with Gasteiger partial charge in [0.05, 0.1) is 5.69 Å². The number of amides is 2. The molecule has 154 valence electrons. The summed E-state index contributed by atoms with van der Waals surface area (Å²) in [5.74, 6) is -1.68. The Morgan fingerprint density at radius 1 is 1.03 bits per heavy atom. The maximum atomic E-state index is 12.5. The van der Waals surface area contributed by atoms with Crippen LogP contribution in [-0.2, 0) is 14.3 Å². The van der Waals surface area contributed by atoms with Crippen LogP contribution in [0.1, 0.15) is 35.3 Å². The number of aryl methyl sites for hydroxylation is 2. The molecule has 0 spiro atoms. The van der Waals surface area contributed by atoms with E-state index in [2.05, 4.69) is 26.6 Å². The van der Waals surface area contributed by atoms with Crippen LogP contribution in [-0.4, -0.2) is 30.4 Å². The SMILES string of the molecule is Cc1cccc(C(=O)N[C@H](C(=O)OCC(=O)Nc2ccc(C)cc2Br)C(C)C)c1. The molecule has 0 heterocycles. The summed E-state index contributed by atoms with van der Waals surface area (Å²) < 4.78 is 5.88. The average Bonchev–Trinajstić information content (AvgIpc) is 2.66. The normalized spacial score (nSPS) is 11.7. The number of ether oxygens (including phenoxy) is 1. The van der Waals surface area contributed by atoms with Gasteiger partial charge in [0.15, 0.2) is 6.61 Å². The summed E-state index contributed by atoms with van der Waals surface area (Å²) in [6.45, 7) is 6.98. The molecule has 2 rings (SSSR count). The zero-order valence-electron chi connectivity index (χ0n) is 16.9. The molecule has 0 bridgehead atoms. The fourth-order valence-corrected chi connectivity index (χ4v) is 3.24. The van der Waals surface area contributed by atoms with Gasteiger partial charge < -0.3 is 15.4 Å². The number of halogens is 1. The van der Waals surface area contributed by atoms with E-state index in [1.54, 1.807) is 38.1 Å². The maximum absolute atomic E-state index is 12.5. The minimum Gasteiger partial charge on any atom is -0.454 e. The lowest BCUT2D eigenvalue weighted by molar-refractivity contribution is -0.150. The van der Waals surface area contributed by atoms with Gasteiger partial charge in [0.1, 0.15) is 6.04 Å². The number of carbonyl (C=O) groups is 3. The van der Waals surface area contributed by atoms with Crippen LogP contribution in [0, 0.1) is 19.8 Å². The third-order valence-corrected chi connectivity index (χ3v) is 4.89. The first-order valence-corrected chi connectivity index (χ1v) is 10.1. The molecule has 2 aromatic carbocycles. The van der Waals surface area contributed by atoms with Gasteiger partial charge in [0, 0.05) is 10.0 Å². The Labute approximate surface area is 179 Å². The van der Waals surface area contributed by atoms with E-state index in [1.165, 1.54) is 0 Å². The van der Waals surface area contributed by atoms with Gasteiger partial charge in [-0.1, -0.05) is 37.6 Å². The second kappa shape index (κ2) is 10.2. The van der Waals surface area contributed by atoms with Crippen LogP contribution < -0.4 is 10.6 Å². The second-order valence-electron chi connectivity index (χ2n) is 7.20. The molecule has 6 nitrogen and oxygen atoms in total. The van der Waals surface area contributed by atoms with Crippen molar-refractivity contribution in [3.05, 3.63) is 63.6 Å². The molecule has 0 aliphatic heterocycles. The number of rotatable bonds is 7. The smallest absolute Gasteiger partial charge is 0.329 e. The molecule has 0 saturated heterocycles. The van der Waals surface area contributed by atoms with Crippen molar-refractivity contribution in [1.82, 2.24) is 5.32 Å². The highest BCUT2D eigenvalue weighted by Crippen LogP contribution is 2.23. The highest BCUT2D eigenvalue weighted by Gasteiger charge is 2.27. The number of carbonyl (C=O) groups excluding carboxylic acids is 3. The zero-order valence-corrected chi connectivity index (χ0v) is 18.5. The van der Waals surface area contributed by atoms with Crippen molar-refractivity contribution in [2.75, 3.05) is 11.9 Å². The van der Waals surface area contributed by atoms with Gasteiger partial charge in [-0.2, -0.15) is 0 Å². The number of benzene rings is 2. The van der Waals surface area contributed by atoms with Crippen LogP contribution in [0.2, 0.25) is 0 Å². The minimum atomic E-state index is -0.859. The Balaban J connectivity index is 1.95. The Morgan fingerprint density at radius 2 is 1.72 bits per heavy atom. The van der Waals surface area contributed by atoms with Gasteiger partial charge in [-0.3, -0.25) is 9.59 Å². The molecule has 0 aromatic heterocycles. The fourth-order valence-electron chi connectivity index (χ4n) is 2.64. The third kappa shape index (κ3) is 6.71. The molecule has 7 heteroatoms. The summed E-state index contributed by atoms with van der Waals surface area (Å²) in [7, 11) is 0. The Kier molecular flexibility index (Phi) is 7.96. The van der Waals surface area contributed by atoms with Crippen molar-refractivity contribution in [2.24, 2.45) is 5.92 Å². The van der Waals surface area contributed by atoms with Crippen molar-refractivity contribution >= 4 is 39.4 Å². The Bertz CT molecular complexity index is 911. The zero-order chi connectivity index (χ0) is 21.6. The van der Waals surface area contributed by atoms with E-state index in [4.69, 9.17) is 4.74 Å². The number of anilines is 1. The van der Waals surface area contributed by atoms with E-state index in [9.17, 15) is 14.4 Å². The first-order valence-electron chi connectivity index (χ1n) is 9.27. The molecule has 1 atom stereocenters. The Hall–Kier alpha value is -2.67. The number of hydrogen-bond acceptors (Lipinski definition) is 4. The quantitative estimate of drug-likeness (QED) is 0.611. The fraction of sp³-hybridized carbons (Fsp3) is 0.318. The summed E-state index contributed by atoms with van der Waals surface area (Å²) in [5.41, 5.74) is 3.04. The standard InChI is InChI=1S/C22H25BrN2O4/c1-13(2)20(25-21(27)16-7-5-6-14(3)10-16)22(28)29-12-19(26)24-18-9-8-15(4)11-17(18)23/h5-11,13,20H,12H2,1-4H3,(H,24,26)(H,25,27)/t20-/m0/s1. The van der Waals surface area contributed by atoms with Gasteiger partial charge in [0.25, 0.3) is 11.8 Å². The predicted molar refractivity (Wildman–Crippen MR) is 116 cm³/mol. The summed E-state index contributed by atoms with van der Waals surface area (Å²) in [4.78, 5) is 37.0. The van der Waals surface area contributed by atoms with Gasteiger partial charge in [-0.05, 0) is 65.5 Å². The molecule has 2 aromatic rings. The first-order chi connectivity index (χ1) is 13.7. The van der Waals surface area contributed by atoms with Crippen LogP contribution >= 0.6 is 15.9 Å². The summed E-state index contributed by atoms with van der Waals surface area (Å²) in [6, 6.07) is 11.7. The molecule has 0 aliphatic carbocycles. The summed E-state index contributed by atoms with van der Waals surface area (Å²) >= 11 is 3.38. The molecule has 0 aliphatic rings. The first kappa shape index (κ1) is 22.6.